The first-order chi connectivity index (χ1) is 12.6. The quantitative estimate of drug-likeness (QED) is 0.579. The van der Waals surface area contributed by atoms with Crippen molar-refractivity contribution in [3.63, 3.8) is 0 Å². The molecular formula is C25H29BNa. The molecule has 0 amide bonds. The molecule has 1 radical (unpaired) electrons. The van der Waals surface area contributed by atoms with Crippen molar-refractivity contribution < 1.29 is 0 Å². The number of unbranched alkanes of at least 4 members (excludes halogenated alkanes) is 1. The molecule has 0 fully saturated rings. The van der Waals surface area contributed by atoms with Gasteiger partial charge in [0.15, 0.2) is 0 Å². The van der Waals surface area contributed by atoms with Gasteiger partial charge in [-0.15, -0.1) is 0 Å². The zero-order valence-electron chi connectivity index (χ0n) is 17.5. The second-order valence-corrected chi connectivity index (χ2v) is 7.40. The first-order valence-electron chi connectivity index (χ1n) is 9.83. The summed E-state index contributed by atoms with van der Waals surface area (Å²) < 4.78 is 0. The van der Waals surface area contributed by atoms with Gasteiger partial charge in [-0.05, 0) is 33.6 Å². The van der Waals surface area contributed by atoms with Crippen LogP contribution in [0.3, 0.4) is 0 Å². The van der Waals surface area contributed by atoms with Crippen molar-refractivity contribution >= 4 is 52.7 Å². The summed E-state index contributed by atoms with van der Waals surface area (Å²) in [5.74, 6) is 0. The van der Waals surface area contributed by atoms with Crippen LogP contribution in [0.25, 0.3) is 0 Å². The summed E-state index contributed by atoms with van der Waals surface area (Å²) in [6, 6.07) is 24.6. The van der Waals surface area contributed by atoms with Crippen LogP contribution in [0.2, 0.25) is 0 Å². The van der Waals surface area contributed by atoms with E-state index in [0.29, 0.717) is 6.71 Å². The van der Waals surface area contributed by atoms with Crippen LogP contribution in [0.4, 0.5) is 0 Å². The van der Waals surface area contributed by atoms with E-state index in [9.17, 15) is 0 Å². The van der Waals surface area contributed by atoms with Gasteiger partial charge in [0.1, 0.15) is 0 Å². The van der Waals surface area contributed by atoms with Crippen molar-refractivity contribution in [2.75, 3.05) is 0 Å². The van der Waals surface area contributed by atoms with E-state index in [0.717, 1.165) is 6.42 Å². The Labute approximate surface area is 187 Å². The zero-order chi connectivity index (χ0) is 18.5. The summed E-state index contributed by atoms with van der Waals surface area (Å²) in [4.78, 5) is 0. The molecule has 3 aromatic rings. The van der Waals surface area contributed by atoms with Crippen molar-refractivity contribution in [3.05, 3.63) is 89.0 Å². The molecule has 27 heavy (non-hydrogen) atoms. The predicted molar refractivity (Wildman–Crippen MR) is 123 cm³/mol. The van der Waals surface area contributed by atoms with Crippen LogP contribution in [0.5, 0.6) is 0 Å². The van der Waals surface area contributed by atoms with E-state index < -0.39 is 0 Å². The Morgan fingerprint density at radius 2 is 1.19 bits per heavy atom. The van der Waals surface area contributed by atoms with E-state index in [1.54, 1.807) is 0 Å². The Morgan fingerprint density at radius 3 is 1.70 bits per heavy atom. The number of aryl methyl sites for hydroxylation is 4. The maximum atomic E-state index is 2.33. The molecule has 133 valence electrons. The Morgan fingerprint density at radius 1 is 0.667 bits per heavy atom. The fourth-order valence-corrected chi connectivity index (χ4v) is 4.04. The Hall–Kier alpha value is -1.28. The summed E-state index contributed by atoms with van der Waals surface area (Å²) in [6.07, 6.45) is 3.62. The second kappa shape index (κ2) is 10.3. The van der Waals surface area contributed by atoms with Gasteiger partial charge < -0.3 is 0 Å². The molecular weight excluding hydrogens is 334 g/mol. The number of rotatable bonds is 6. The van der Waals surface area contributed by atoms with Crippen LogP contribution in [0.15, 0.2) is 66.7 Å². The van der Waals surface area contributed by atoms with Crippen LogP contribution in [-0.4, -0.2) is 36.3 Å². The number of hydrogen-bond acceptors (Lipinski definition) is 0. The predicted octanol–water partition coefficient (Wildman–Crippen LogP) is 4.09. The van der Waals surface area contributed by atoms with Gasteiger partial charge in [0.05, 0.1) is 0 Å². The Kier molecular flexibility index (Phi) is 8.41. The van der Waals surface area contributed by atoms with Gasteiger partial charge in [-0.2, -0.15) is 0 Å². The van der Waals surface area contributed by atoms with E-state index in [1.807, 2.05) is 0 Å². The van der Waals surface area contributed by atoms with Gasteiger partial charge in [-0.1, -0.05) is 119 Å². The summed E-state index contributed by atoms with van der Waals surface area (Å²) in [7, 11) is 0. The zero-order valence-corrected chi connectivity index (χ0v) is 19.5. The third-order valence-corrected chi connectivity index (χ3v) is 5.50. The summed E-state index contributed by atoms with van der Waals surface area (Å²) in [6.45, 7) is 9.32. The molecule has 0 aliphatic carbocycles. The minimum atomic E-state index is 0. The van der Waals surface area contributed by atoms with E-state index in [1.165, 1.54) is 51.5 Å². The maximum Gasteiger partial charge on any atom is 0.242 e. The van der Waals surface area contributed by atoms with Crippen molar-refractivity contribution in [1.82, 2.24) is 0 Å². The first-order valence-corrected chi connectivity index (χ1v) is 9.83. The van der Waals surface area contributed by atoms with Crippen molar-refractivity contribution in [2.24, 2.45) is 0 Å². The van der Waals surface area contributed by atoms with Crippen molar-refractivity contribution in [1.29, 1.82) is 0 Å². The van der Waals surface area contributed by atoms with Crippen molar-refractivity contribution in [2.45, 2.75) is 47.0 Å². The smallest absolute Gasteiger partial charge is 0.0667 e. The molecule has 0 unspecified atom stereocenters. The summed E-state index contributed by atoms with van der Waals surface area (Å²) >= 11 is 0. The summed E-state index contributed by atoms with van der Waals surface area (Å²) in [5, 5.41) is 0. The largest absolute Gasteiger partial charge is 0.242 e. The van der Waals surface area contributed by atoms with Crippen LogP contribution in [0, 0.1) is 20.8 Å². The van der Waals surface area contributed by atoms with Gasteiger partial charge >= 0.3 is 0 Å². The molecule has 0 saturated carbocycles. The standard InChI is InChI=1S/C25H29B.Na/c1-5-6-15-22-16-11-14-21(4)25(22)26(23-17-9-7-12-19(23)2)24-18-10-8-13-20(24)3;/h7-14,16-18H,5-6,15H2,1-4H3;. The van der Waals surface area contributed by atoms with Crippen LogP contribution >= 0.6 is 0 Å². The third-order valence-electron chi connectivity index (χ3n) is 5.50. The van der Waals surface area contributed by atoms with Gasteiger partial charge in [0, 0.05) is 29.6 Å². The minimum Gasteiger partial charge on any atom is -0.0667 e. The SMILES string of the molecule is CCCCc1cccc(C)c1B(c1ccccc1C)c1ccccc1C.[Na]. The fraction of sp³-hybridized carbons (Fsp3) is 0.280. The maximum absolute atomic E-state index is 2.33. The average molecular weight is 363 g/mol. The molecule has 0 nitrogen and oxygen atoms in total. The van der Waals surface area contributed by atoms with E-state index in [4.69, 9.17) is 0 Å². The van der Waals surface area contributed by atoms with E-state index >= 15 is 0 Å². The van der Waals surface area contributed by atoms with Crippen molar-refractivity contribution in [3.8, 4) is 0 Å². The van der Waals surface area contributed by atoms with Gasteiger partial charge in [0.25, 0.3) is 0 Å². The first kappa shape index (κ1) is 22.0. The second-order valence-electron chi connectivity index (χ2n) is 7.40. The third kappa shape index (κ3) is 4.96. The molecule has 0 saturated heterocycles. The molecule has 3 aromatic carbocycles. The average Bonchev–Trinajstić information content (AvgIpc) is 2.64. The molecule has 3 rings (SSSR count). The van der Waals surface area contributed by atoms with Crippen LogP contribution < -0.4 is 16.4 Å². The number of benzene rings is 3. The molecule has 0 heterocycles. The van der Waals surface area contributed by atoms with Gasteiger partial charge in [-0.25, -0.2) is 0 Å². The topological polar surface area (TPSA) is 0 Å². The Bertz CT molecular complexity index is 839. The Balaban J connectivity index is 0.00000261. The van der Waals surface area contributed by atoms with Crippen LogP contribution in [0.1, 0.15) is 42.0 Å². The van der Waals surface area contributed by atoms with Gasteiger partial charge in [-0.3, -0.25) is 0 Å². The molecule has 0 aliphatic rings. The van der Waals surface area contributed by atoms with E-state index in [2.05, 4.69) is 94.4 Å². The molecule has 0 spiro atoms. The minimum absolute atomic E-state index is 0. The van der Waals surface area contributed by atoms with E-state index in [-0.39, 0.29) is 29.6 Å². The number of hydrogen-bond donors (Lipinski definition) is 0. The molecule has 2 heteroatoms. The molecule has 0 aliphatic heterocycles. The molecule has 0 N–H and O–H groups in total. The van der Waals surface area contributed by atoms with Gasteiger partial charge in [0.2, 0.25) is 6.71 Å². The molecule has 0 bridgehead atoms. The normalized spacial score (nSPS) is 10.4. The fourth-order valence-electron chi connectivity index (χ4n) is 4.04. The van der Waals surface area contributed by atoms with Crippen LogP contribution in [-0.2, 0) is 6.42 Å². The summed E-state index contributed by atoms with van der Waals surface area (Å²) in [5.41, 5.74) is 9.99. The molecule has 0 atom stereocenters. The monoisotopic (exact) mass is 363 g/mol. The molecule has 0 aromatic heterocycles.